The summed E-state index contributed by atoms with van der Waals surface area (Å²) in [4.78, 5) is 42.3. The summed E-state index contributed by atoms with van der Waals surface area (Å²) in [6.07, 6.45) is 20.6. The molecule has 3 fully saturated rings. The van der Waals surface area contributed by atoms with Crippen molar-refractivity contribution in [3.63, 3.8) is 0 Å². The zero-order valence-electron chi connectivity index (χ0n) is 57.0. The van der Waals surface area contributed by atoms with Crippen molar-refractivity contribution in [3.8, 4) is 17.1 Å². The standard InChI is InChI=1S/C27H27Cl3N4O.C26H25Cl3N4O2.C26H24Cl3N3O2/c28-20-10-8-18(9-11-20)16-19-6-2-3-7-22-25(27(35)32-33-14-4-1-5-15-33)31-34(26(19)22)24-17-21(29)12-13-23(24)30;27-19-7-5-17(6-8-19)15-18-3-1-2-4-21-24(26(34)31-32-11-13-35-14-12-32)30-33(25(18)21)23-16-20(28)9-10-22(23)29;27-19-7-5-17(6-8-19)15-18-3-1-2-4-21-24(26(33)31-11-13-34-14-12-31)30-32(25(18)21)23-16-20(28)9-10-22(23)29/h8-13,16-17H,1-7,14-15H2,(H,32,35);5-10,15-16H,1-4,11-14H2,(H,31,34);5-10,15-16H,1-4,11-14H2/b19-16+;2*18-15+. The number of amides is 3. The highest BCUT2D eigenvalue weighted by molar-refractivity contribution is 6.36. The van der Waals surface area contributed by atoms with Gasteiger partial charge >= 0.3 is 0 Å². The van der Waals surface area contributed by atoms with Gasteiger partial charge in [-0.15, -0.1) is 0 Å². The molecule has 0 unspecified atom stereocenters. The van der Waals surface area contributed by atoms with Crippen LogP contribution in [0.15, 0.2) is 127 Å². The van der Waals surface area contributed by atoms with E-state index >= 15 is 0 Å². The number of aromatic nitrogens is 6. The number of allylic oxidation sites excluding steroid dienone is 3. The van der Waals surface area contributed by atoms with Crippen molar-refractivity contribution in [2.45, 2.75) is 96.3 Å². The average molecular weight is 1580 g/mol. The molecule has 0 atom stereocenters. The van der Waals surface area contributed by atoms with E-state index in [-0.39, 0.29) is 17.7 Å². The normalized spacial score (nSPS) is 17.7. The molecule has 3 aromatic heterocycles. The van der Waals surface area contributed by atoms with Gasteiger partial charge in [-0.1, -0.05) is 147 Å². The van der Waals surface area contributed by atoms with Crippen LogP contribution < -0.4 is 10.9 Å². The Bertz CT molecular complexity index is 4510. The zero-order valence-corrected chi connectivity index (χ0v) is 63.8. The molecule has 104 heavy (non-hydrogen) atoms. The molecule has 25 heteroatoms. The molecule has 3 aliphatic heterocycles. The number of hydrogen-bond acceptors (Lipinski definition) is 10. The first-order chi connectivity index (χ1) is 50.5. The number of hydrazine groups is 2. The Balaban J connectivity index is 0.000000139. The lowest BCUT2D eigenvalue weighted by Gasteiger charge is -2.26. The van der Waals surface area contributed by atoms with Crippen LogP contribution in [-0.2, 0) is 28.7 Å². The minimum absolute atomic E-state index is 0.0656. The number of fused-ring (bicyclic) bond motifs is 3. The number of benzene rings is 6. The predicted molar refractivity (Wildman–Crippen MR) is 421 cm³/mol. The van der Waals surface area contributed by atoms with Gasteiger partial charge in [0.2, 0.25) is 0 Å². The van der Waals surface area contributed by atoms with Gasteiger partial charge in [-0.2, -0.15) is 15.3 Å². The van der Waals surface area contributed by atoms with Crippen LogP contribution in [0.4, 0.5) is 0 Å². The third-order valence-electron chi connectivity index (χ3n) is 19.1. The molecular weight excluding hydrogens is 1500 g/mol. The lowest BCUT2D eigenvalue weighted by molar-refractivity contribution is 0.0124. The van der Waals surface area contributed by atoms with Crippen molar-refractivity contribution in [2.75, 3.05) is 65.7 Å². The molecule has 3 saturated heterocycles. The third kappa shape index (κ3) is 18.2. The van der Waals surface area contributed by atoms with Crippen LogP contribution in [0.1, 0.15) is 159 Å². The largest absolute Gasteiger partial charge is 0.379 e. The minimum atomic E-state index is -0.229. The number of ether oxygens (including phenoxy) is 2. The zero-order chi connectivity index (χ0) is 72.4. The molecule has 3 aliphatic carbocycles. The summed E-state index contributed by atoms with van der Waals surface area (Å²) in [7, 11) is 0. The van der Waals surface area contributed by atoms with Gasteiger partial charge in [0, 0.05) is 86.1 Å². The lowest BCUT2D eigenvalue weighted by Crippen LogP contribution is -2.48. The number of hydrogen-bond donors (Lipinski definition) is 2. The fourth-order valence-corrected chi connectivity index (χ4v) is 15.4. The summed E-state index contributed by atoms with van der Waals surface area (Å²) in [6.45, 7) is 6.35. The number of rotatable bonds is 11. The highest BCUT2D eigenvalue weighted by atomic mass is 35.5. The molecule has 6 aliphatic rings. The van der Waals surface area contributed by atoms with Gasteiger partial charge < -0.3 is 14.4 Å². The number of carbonyl (C=O) groups excluding carboxylic acids is 3. The van der Waals surface area contributed by atoms with Gasteiger partial charge in [-0.25, -0.2) is 24.1 Å². The van der Waals surface area contributed by atoms with Crippen LogP contribution in [0.5, 0.6) is 0 Å². The van der Waals surface area contributed by atoms with Crippen molar-refractivity contribution in [1.82, 2.24) is 55.1 Å². The van der Waals surface area contributed by atoms with Crippen molar-refractivity contribution < 1.29 is 23.9 Å². The third-order valence-corrected chi connectivity index (χ3v) is 21.5. The molecule has 0 bridgehead atoms. The summed E-state index contributed by atoms with van der Waals surface area (Å²) in [5.74, 6) is -0.468. The minimum Gasteiger partial charge on any atom is -0.379 e. The van der Waals surface area contributed by atoms with Crippen LogP contribution in [-0.4, -0.2) is 128 Å². The molecular formula is C79H76Cl9N11O5. The van der Waals surface area contributed by atoms with Crippen molar-refractivity contribution >= 4 is 157 Å². The average Bonchev–Trinajstić information content (AvgIpc) is 1.62. The summed E-state index contributed by atoms with van der Waals surface area (Å²) >= 11 is 57.2. The van der Waals surface area contributed by atoms with E-state index in [1.54, 1.807) is 59.3 Å². The first-order valence-electron chi connectivity index (χ1n) is 35.2. The number of nitrogens with zero attached hydrogens (tertiary/aromatic N) is 9. The van der Waals surface area contributed by atoms with Crippen LogP contribution in [0.3, 0.4) is 0 Å². The molecule has 540 valence electrons. The van der Waals surface area contributed by atoms with Crippen LogP contribution in [0.2, 0.25) is 45.2 Å². The summed E-state index contributed by atoms with van der Waals surface area (Å²) < 4.78 is 16.2. The quantitative estimate of drug-likeness (QED) is 0.119. The Morgan fingerprint density at radius 1 is 0.346 bits per heavy atom. The van der Waals surface area contributed by atoms with E-state index in [0.29, 0.717) is 132 Å². The molecule has 2 N–H and O–H groups in total. The smallest absolute Gasteiger partial charge is 0.286 e. The van der Waals surface area contributed by atoms with Crippen LogP contribution in [0.25, 0.3) is 52.0 Å². The molecule has 6 aromatic carbocycles. The van der Waals surface area contributed by atoms with Gasteiger partial charge in [-0.05, 0) is 233 Å². The van der Waals surface area contributed by atoms with Crippen LogP contribution >= 0.6 is 104 Å². The van der Waals surface area contributed by atoms with E-state index in [0.717, 1.165) is 170 Å². The summed E-state index contributed by atoms with van der Waals surface area (Å²) in [5, 5.41) is 23.7. The van der Waals surface area contributed by atoms with E-state index in [9.17, 15) is 14.4 Å². The molecule has 15 rings (SSSR count). The maximum absolute atomic E-state index is 13.6. The molecule has 9 aromatic rings. The Morgan fingerprint density at radius 3 is 1.02 bits per heavy atom. The number of halogens is 9. The van der Waals surface area contributed by atoms with Crippen molar-refractivity contribution in [1.29, 1.82) is 0 Å². The van der Waals surface area contributed by atoms with E-state index in [2.05, 4.69) is 29.1 Å². The van der Waals surface area contributed by atoms with E-state index < -0.39 is 0 Å². The van der Waals surface area contributed by atoms with Crippen molar-refractivity contribution in [2.24, 2.45) is 0 Å². The molecule has 16 nitrogen and oxygen atoms in total. The molecule has 0 saturated carbocycles. The van der Waals surface area contributed by atoms with Gasteiger partial charge in [0.05, 0.1) is 75.6 Å². The monoisotopic (exact) mass is 1570 g/mol. The van der Waals surface area contributed by atoms with E-state index in [1.807, 2.05) is 97.1 Å². The summed E-state index contributed by atoms with van der Waals surface area (Å²) in [5.41, 5.74) is 21.4. The highest BCUT2D eigenvalue weighted by Crippen LogP contribution is 2.42. The molecule has 3 amide bonds. The number of carbonyl (C=O) groups is 3. The number of morpholine rings is 2. The van der Waals surface area contributed by atoms with Gasteiger partial charge in [0.1, 0.15) is 0 Å². The number of nitrogens with one attached hydrogen (secondary N) is 2. The highest BCUT2D eigenvalue weighted by Gasteiger charge is 2.34. The van der Waals surface area contributed by atoms with Gasteiger partial charge in [-0.3, -0.25) is 25.2 Å². The maximum atomic E-state index is 13.6. The molecule has 0 radical (unpaired) electrons. The predicted octanol–water partition coefficient (Wildman–Crippen LogP) is 19.9. The SMILES string of the molecule is O=C(NN1CCCCC1)c1nn(-c2cc(Cl)ccc2Cl)c2c1CCCC/C2=C\c1ccc(Cl)cc1.O=C(NN1CCOCC1)c1nn(-c2cc(Cl)ccc2Cl)c2c1CCCC/C2=C\c1ccc(Cl)cc1.O=C(c1nn(-c2cc(Cl)ccc2Cl)c2c1CCCC/C2=C\c1ccc(Cl)cc1)N1CCOCC1. The van der Waals surface area contributed by atoms with Crippen molar-refractivity contribution in [3.05, 3.63) is 240 Å². The van der Waals surface area contributed by atoms with Gasteiger partial charge in [0.25, 0.3) is 17.7 Å². The second-order valence-electron chi connectivity index (χ2n) is 26.3. The Hall–Kier alpha value is -6.97. The Labute approximate surface area is 650 Å². The topological polar surface area (TPSA) is 157 Å². The fourth-order valence-electron chi connectivity index (χ4n) is 14.0. The molecule has 0 spiro atoms. The second kappa shape index (κ2) is 35.2. The first-order valence-corrected chi connectivity index (χ1v) is 38.6. The Kier molecular flexibility index (Phi) is 25.5. The van der Waals surface area contributed by atoms with Crippen LogP contribution in [0, 0.1) is 0 Å². The second-order valence-corrected chi connectivity index (χ2v) is 30.1. The first kappa shape index (κ1) is 75.3. The van der Waals surface area contributed by atoms with E-state index in [4.69, 9.17) is 129 Å². The lowest BCUT2D eigenvalue weighted by atomic mass is 10.0. The summed E-state index contributed by atoms with van der Waals surface area (Å²) in [6, 6.07) is 39.1. The van der Waals surface area contributed by atoms with Gasteiger partial charge in [0.15, 0.2) is 17.1 Å². The Morgan fingerprint density at radius 2 is 0.654 bits per heavy atom. The fraction of sp³-hybridized carbons (Fsp3) is 0.316. The number of piperidine rings is 1. The maximum Gasteiger partial charge on any atom is 0.286 e. The molecule has 6 heterocycles. The van der Waals surface area contributed by atoms with E-state index in [1.165, 1.54) is 6.42 Å².